The number of carbonyl (C=O) groups is 2. The molecule has 0 heterocycles. The number of aliphatic carboxylic acids is 1. The van der Waals surface area contributed by atoms with E-state index in [2.05, 4.69) is 5.32 Å². The van der Waals surface area contributed by atoms with Crippen LogP contribution in [0.2, 0.25) is 0 Å². The molecule has 1 amide bonds. The zero-order valence-corrected chi connectivity index (χ0v) is 6.76. The molecule has 0 radical (unpaired) electrons. The van der Waals surface area contributed by atoms with E-state index in [0.29, 0.717) is 6.54 Å². The average molecular weight is 159 g/mol. The van der Waals surface area contributed by atoms with Crippen molar-refractivity contribution in [2.45, 2.75) is 20.3 Å². The lowest BCUT2D eigenvalue weighted by Crippen LogP contribution is -2.26. The summed E-state index contributed by atoms with van der Waals surface area (Å²) >= 11 is 0. The van der Waals surface area contributed by atoms with Gasteiger partial charge in [-0.1, -0.05) is 6.92 Å². The Morgan fingerprint density at radius 1 is 1.55 bits per heavy atom. The molecule has 0 aliphatic rings. The second kappa shape index (κ2) is 4.71. The van der Waals surface area contributed by atoms with Crippen molar-refractivity contribution in [1.29, 1.82) is 0 Å². The van der Waals surface area contributed by atoms with E-state index in [1.807, 2.05) is 0 Å². The van der Waals surface area contributed by atoms with Crippen molar-refractivity contribution >= 4 is 11.9 Å². The number of carboxylic acid groups (broad SMARTS) is 1. The van der Waals surface area contributed by atoms with Crippen LogP contribution in [-0.4, -0.2) is 23.5 Å². The van der Waals surface area contributed by atoms with Gasteiger partial charge in [0.2, 0.25) is 5.91 Å². The van der Waals surface area contributed by atoms with E-state index < -0.39 is 5.97 Å². The minimum absolute atomic E-state index is 0.00333. The number of rotatable bonds is 4. The van der Waals surface area contributed by atoms with Gasteiger partial charge in [0.05, 0.1) is 0 Å². The second-order valence-corrected chi connectivity index (χ2v) is 2.64. The van der Waals surface area contributed by atoms with E-state index in [9.17, 15) is 9.59 Å². The summed E-state index contributed by atoms with van der Waals surface area (Å²) in [6, 6.07) is 0. The first-order valence-corrected chi connectivity index (χ1v) is 3.48. The molecule has 0 aromatic carbocycles. The molecule has 0 aliphatic heterocycles. The van der Waals surface area contributed by atoms with Crippen molar-refractivity contribution in [2.75, 3.05) is 6.54 Å². The van der Waals surface area contributed by atoms with Crippen LogP contribution in [0.4, 0.5) is 0 Å². The monoisotopic (exact) mass is 159 g/mol. The predicted octanol–water partition coefficient (Wildman–Crippen LogP) is 0.233. The standard InChI is InChI=1S/C7H13NO3/c1-5(3-7(10)11)4-8-6(2)9/h5H,3-4H2,1-2H3,(H,8,9)(H,10,11). The maximum Gasteiger partial charge on any atom is 0.303 e. The smallest absolute Gasteiger partial charge is 0.303 e. The zero-order chi connectivity index (χ0) is 8.85. The quantitative estimate of drug-likeness (QED) is 0.617. The molecule has 64 valence electrons. The summed E-state index contributed by atoms with van der Waals surface area (Å²) in [4.78, 5) is 20.5. The number of hydrogen-bond acceptors (Lipinski definition) is 2. The lowest BCUT2D eigenvalue weighted by molar-refractivity contribution is -0.138. The molecule has 11 heavy (non-hydrogen) atoms. The van der Waals surface area contributed by atoms with Gasteiger partial charge in [0.25, 0.3) is 0 Å². The van der Waals surface area contributed by atoms with Crippen molar-refractivity contribution in [3.05, 3.63) is 0 Å². The van der Waals surface area contributed by atoms with Gasteiger partial charge in [-0.25, -0.2) is 0 Å². The van der Waals surface area contributed by atoms with E-state index in [-0.39, 0.29) is 18.2 Å². The van der Waals surface area contributed by atoms with Gasteiger partial charge in [-0.3, -0.25) is 9.59 Å². The Kier molecular flexibility index (Phi) is 4.26. The number of amides is 1. The molecule has 0 saturated heterocycles. The Bertz CT molecular complexity index is 156. The summed E-state index contributed by atoms with van der Waals surface area (Å²) in [5, 5.41) is 10.9. The molecule has 0 saturated carbocycles. The third kappa shape index (κ3) is 6.83. The Balaban J connectivity index is 3.44. The van der Waals surface area contributed by atoms with Gasteiger partial charge in [0, 0.05) is 19.9 Å². The third-order valence-corrected chi connectivity index (χ3v) is 1.22. The van der Waals surface area contributed by atoms with Gasteiger partial charge in [-0.15, -0.1) is 0 Å². The molecule has 0 aliphatic carbocycles. The zero-order valence-electron chi connectivity index (χ0n) is 6.76. The Morgan fingerprint density at radius 2 is 2.09 bits per heavy atom. The number of carboxylic acids is 1. The highest BCUT2D eigenvalue weighted by atomic mass is 16.4. The average Bonchev–Trinajstić information content (AvgIpc) is 1.82. The number of hydrogen-bond donors (Lipinski definition) is 2. The van der Waals surface area contributed by atoms with E-state index in [1.165, 1.54) is 6.92 Å². The summed E-state index contributed by atoms with van der Waals surface area (Å²) in [7, 11) is 0. The maximum atomic E-state index is 10.4. The highest BCUT2D eigenvalue weighted by Crippen LogP contribution is 1.98. The molecule has 4 heteroatoms. The molecule has 0 aromatic rings. The van der Waals surface area contributed by atoms with Crippen LogP contribution in [0.15, 0.2) is 0 Å². The van der Waals surface area contributed by atoms with Gasteiger partial charge < -0.3 is 10.4 Å². The lowest BCUT2D eigenvalue weighted by atomic mass is 10.1. The third-order valence-electron chi connectivity index (χ3n) is 1.22. The van der Waals surface area contributed by atoms with E-state index in [4.69, 9.17) is 5.11 Å². The topological polar surface area (TPSA) is 66.4 Å². The molecule has 2 N–H and O–H groups in total. The number of carbonyl (C=O) groups excluding carboxylic acids is 1. The first-order chi connectivity index (χ1) is 5.02. The molecule has 4 nitrogen and oxygen atoms in total. The summed E-state index contributed by atoms with van der Waals surface area (Å²) in [6.07, 6.45) is 0.0975. The summed E-state index contributed by atoms with van der Waals surface area (Å²) < 4.78 is 0. The molecule has 0 fully saturated rings. The SMILES string of the molecule is CC(=O)NCC(C)CC(=O)O. The van der Waals surface area contributed by atoms with Gasteiger partial charge in [-0.05, 0) is 5.92 Å². The summed E-state index contributed by atoms with van der Waals surface area (Å²) in [6.45, 7) is 3.62. The fourth-order valence-electron chi connectivity index (χ4n) is 0.688. The fraction of sp³-hybridized carbons (Fsp3) is 0.714. The van der Waals surface area contributed by atoms with Crippen LogP contribution in [0, 0.1) is 5.92 Å². The summed E-state index contributed by atoms with van der Waals surface area (Å²) in [5.41, 5.74) is 0. The highest BCUT2D eigenvalue weighted by molar-refractivity contribution is 5.73. The van der Waals surface area contributed by atoms with Crippen LogP contribution in [0.5, 0.6) is 0 Å². The van der Waals surface area contributed by atoms with Crippen molar-refractivity contribution in [3.8, 4) is 0 Å². The van der Waals surface area contributed by atoms with Gasteiger partial charge >= 0.3 is 5.97 Å². The van der Waals surface area contributed by atoms with Crippen molar-refractivity contribution in [1.82, 2.24) is 5.32 Å². The molecule has 1 unspecified atom stereocenters. The molecular formula is C7H13NO3. The highest BCUT2D eigenvalue weighted by Gasteiger charge is 2.06. The van der Waals surface area contributed by atoms with Crippen molar-refractivity contribution in [2.24, 2.45) is 5.92 Å². The fourth-order valence-corrected chi connectivity index (χ4v) is 0.688. The second-order valence-electron chi connectivity index (χ2n) is 2.64. The van der Waals surface area contributed by atoms with Crippen LogP contribution in [0.3, 0.4) is 0 Å². The Hall–Kier alpha value is -1.06. The first kappa shape index (κ1) is 9.94. The largest absolute Gasteiger partial charge is 0.481 e. The van der Waals surface area contributed by atoms with Crippen molar-refractivity contribution in [3.63, 3.8) is 0 Å². The Morgan fingerprint density at radius 3 is 2.45 bits per heavy atom. The first-order valence-electron chi connectivity index (χ1n) is 3.48. The molecule has 1 atom stereocenters. The van der Waals surface area contributed by atoms with Crippen LogP contribution in [-0.2, 0) is 9.59 Å². The molecule has 0 rings (SSSR count). The van der Waals surface area contributed by atoms with Crippen LogP contribution < -0.4 is 5.32 Å². The van der Waals surface area contributed by atoms with Gasteiger partial charge in [-0.2, -0.15) is 0 Å². The molecular weight excluding hydrogens is 146 g/mol. The van der Waals surface area contributed by atoms with Crippen LogP contribution in [0.1, 0.15) is 20.3 Å². The minimum Gasteiger partial charge on any atom is -0.481 e. The lowest BCUT2D eigenvalue weighted by Gasteiger charge is -2.07. The van der Waals surface area contributed by atoms with E-state index in [1.54, 1.807) is 6.92 Å². The van der Waals surface area contributed by atoms with Gasteiger partial charge in [0.15, 0.2) is 0 Å². The van der Waals surface area contributed by atoms with Gasteiger partial charge in [0.1, 0.15) is 0 Å². The van der Waals surface area contributed by atoms with E-state index >= 15 is 0 Å². The van der Waals surface area contributed by atoms with Crippen LogP contribution >= 0.6 is 0 Å². The summed E-state index contributed by atoms with van der Waals surface area (Å²) in [5.74, 6) is -0.957. The molecule has 0 aromatic heterocycles. The molecule has 0 spiro atoms. The number of nitrogens with one attached hydrogen (secondary N) is 1. The normalized spacial score (nSPS) is 12.2. The predicted molar refractivity (Wildman–Crippen MR) is 40.1 cm³/mol. The van der Waals surface area contributed by atoms with Crippen molar-refractivity contribution < 1.29 is 14.7 Å². The van der Waals surface area contributed by atoms with E-state index in [0.717, 1.165) is 0 Å². The Labute approximate surface area is 65.6 Å². The van der Waals surface area contributed by atoms with Crippen LogP contribution in [0.25, 0.3) is 0 Å². The maximum absolute atomic E-state index is 10.4. The molecule has 0 bridgehead atoms. The minimum atomic E-state index is -0.831.